The summed E-state index contributed by atoms with van der Waals surface area (Å²) < 4.78 is 0. The molecule has 1 N–H and O–H groups in total. The van der Waals surface area contributed by atoms with Crippen LogP contribution >= 0.6 is 11.8 Å². The first-order chi connectivity index (χ1) is 16.0. The number of phenols is 1. The summed E-state index contributed by atoms with van der Waals surface area (Å²) in [5.74, 6) is 1.16. The predicted octanol–water partition coefficient (Wildman–Crippen LogP) is 6.85. The molecule has 0 saturated carbocycles. The zero-order valence-electron chi connectivity index (χ0n) is 20.7. The molecule has 0 unspecified atom stereocenters. The quantitative estimate of drug-likeness (QED) is 0.241. The van der Waals surface area contributed by atoms with Crippen molar-refractivity contribution < 1.29 is 26.2 Å². The van der Waals surface area contributed by atoms with E-state index in [1.807, 2.05) is 42.5 Å². The van der Waals surface area contributed by atoms with E-state index < -0.39 is 0 Å². The van der Waals surface area contributed by atoms with Gasteiger partial charge >= 0.3 is 0 Å². The normalized spacial score (nSPS) is 11.7. The number of phenolic OH excluding ortho intramolecular Hbond substituents is 1. The van der Waals surface area contributed by atoms with Crippen LogP contribution in [0, 0.1) is 6.07 Å². The molecule has 0 bridgehead atoms. The average molecular weight is 665 g/mol. The second kappa shape index (κ2) is 10.6. The number of pyridine rings is 1. The molecule has 5 nitrogen and oxygen atoms in total. The number of rotatable bonds is 4. The Labute approximate surface area is 226 Å². The van der Waals surface area contributed by atoms with E-state index in [1.165, 1.54) is 18.1 Å². The maximum absolute atomic E-state index is 11.2. The van der Waals surface area contributed by atoms with Gasteiger partial charge in [0.15, 0.2) is 5.82 Å². The third kappa shape index (κ3) is 6.36. The summed E-state index contributed by atoms with van der Waals surface area (Å²) in [4.78, 5) is 18.8. The van der Waals surface area contributed by atoms with Crippen LogP contribution in [0.4, 0.5) is 0 Å². The van der Waals surface area contributed by atoms with Crippen LogP contribution in [0.1, 0.15) is 52.7 Å². The summed E-state index contributed by atoms with van der Waals surface area (Å²) in [7, 11) is 0. The van der Waals surface area contributed by atoms with E-state index in [0.29, 0.717) is 17.2 Å². The van der Waals surface area contributed by atoms with Crippen LogP contribution < -0.4 is 0 Å². The molecule has 0 aliphatic rings. The topological polar surface area (TPSA) is 71.8 Å². The van der Waals surface area contributed by atoms with E-state index in [4.69, 9.17) is 4.98 Å². The molecule has 0 atom stereocenters. The van der Waals surface area contributed by atoms with E-state index in [1.54, 1.807) is 6.20 Å². The molecule has 4 rings (SSSR count). The van der Waals surface area contributed by atoms with Crippen molar-refractivity contribution in [2.75, 3.05) is 0 Å². The first kappa shape index (κ1) is 27.0. The summed E-state index contributed by atoms with van der Waals surface area (Å²) in [6.07, 6.45) is 3.26. The average Bonchev–Trinajstić information content (AvgIpc) is 2.78. The van der Waals surface area contributed by atoms with Gasteiger partial charge in [0.05, 0.1) is 16.4 Å². The Bertz CT molecular complexity index is 1310. The standard InChI is InChI=1S/C28H29N4OS.Pt/c1-27(2,3)19-15-21(24(33)22(16-19)28(4,5)6)26-31-17-30-25(32-26)18-10-9-11-20(14-18)34-23-12-7-8-13-29-23;/h7-13,15-17,33H,1-6H3;/q-1;. The molecule has 35 heavy (non-hydrogen) atoms. The van der Waals surface area contributed by atoms with Gasteiger partial charge in [0.2, 0.25) is 0 Å². The smallest absolute Gasteiger partial charge is 0.157 e. The van der Waals surface area contributed by atoms with Gasteiger partial charge in [0, 0.05) is 32.8 Å². The number of nitrogens with zero attached hydrogens (tertiary/aromatic N) is 4. The molecule has 0 fully saturated rings. The Kier molecular flexibility index (Phi) is 8.18. The summed E-state index contributed by atoms with van der Waals surface area (Å²) in [6.45, 7) is 12.8. The van der Waals surface area contributed by atoms with Crippen molar-refractivity contribution in [3.63, 3.8) is 0 Å². The third-order valence-corrected chi connectivity index (χ3v) is 6.37. The van der Waals surface area contributed by atoms with Crippen LogP contribution in [0.15, 0.2) is 71.0 Å². The van der Waals surface area contributed by atoms with Crippen molar-refractivity contribution >= 4 is 11.8 Å². The Morgan fingerprint density at radius 2 is 1.57 bits per heavy atom. The van der Waals surface area contributed by atoms with Gasteiger partial charge in [-0.15, -0.1) is 29.8 Å². The number of aromatic nitrogens is 4. The van der Waals surface area contributed by atoms with Crippen LogP contribution in [-0.2, 0) is 31.9 Å². The second-order valence-electron chi connectivity index (χ2n) is 10.3. The predicted molar refractivity (Wildman–Crippen MR) is 137 cm³/mol. The van der Waals surface area contributed by atoms with E-state index in [2.05, 4.69) is 68.6 Å². The Balaban J connectivity index is 0.00000342. The molecule has 2 aromatic carbocycles. The van der Waals surface area contributed by atoms with Gasteiger partial charge in [0.25, 0.3) is 0 Å². The molecule has 0 aliphatic heterocycles. The monoisotopic (exact) mass is 664 g/mol. The van der Waals surface area contributed by atoms with Gasteiger partial charge in [0.1, 0.15) is 12.1 Å². The first-order valence-corrected chi connectivity index (χ1v) is 12.0. The number of aromatic hydroxyl groups is 1. The summed E-state index contributed by atoms with van der Waals surface area (Å²) in [6, 6.07) is 19.1. The summed E-state index contributed by atoms with van der Waals surface area (Å²) in [5, 5.41) is 12.1. The number of hydrogen-bond donors (Lipinski definition) is 1. The van der Waals surface area contributed by atoms with Crippen molar-refractivity contribution in [3.05, 3.63) is 78.2 Å². The van der Waals surface area contributed by atoms with Crippen LogP contribution in [0.5, 0.6) is 5.75 Å². The van der Waals surface area contributed by atoms with E-state index >= 15 is 0 Å². The zero-order valence-corrected chi connectivity index (χ0v) is 23.8. The number of hydrogen-bond acceptors (Lipinski definition) is 6. The largest absolute Gasteiger partial charge is 0.507 e. The molecule has 2 heterocycles. The van der Waals surface area contributed by atoms with E-state index in [0.717, 1.165) is 26.6 Å². The molecule has 0 saturated heterocycles. The van der Waals surface area contributed by atoms with E-state index in [-0.39, 0.29) is 37.6 Å². The van der Waals surface area contributed by atoms with Crippen molar-refractivity contribution in [1.82, 2.24) is 19.9 Å². The van der Waals surface area contributed by atoms with Crippen LogP contribution in [0.25, 0.3) is 22.8 Å². The molecular weight excluding hydrogens is 635 g/mol. The van der Waals surface area contributed by atoms with Crippen LogP contribution in [-0.4, -0.2) is 25.0 Å². The van der Waals surface area contributed by atoms with E-state index in [9.17, 15) is 5.11 Å². The molecule has 184 valence electrons. The maximum Gasteiger partial charge on any atom is 0.157 e. The third-order valence-electron chi connectivity index (χ3n) is 5.46. The van der Waals surface area contributed by atoms with Crippen molar-refractivity contribution in [3.8, 4) is 28.5 Å². The second-order valence-corrected chi connectivity index (χ2v) is 11.3. The van der Waals surface area contributed by atoms with Crippen molar-refractivity contribution in [2.24, 2.45) is 0 Å². The van der Waals surface area contributed by atoms with Gasteiger partial charge in [-0.05, 0) is 34.6 Å². The molecule has 4 aromatic rings. The van der Waals surface area contributed by atoms with Crippen molar-refractivity contribution in [2.45, 2.75) is 62.3 Å². The van der Waals surface area contributed by atoms with Crippen molar-refractivity contribution in [1.29, 1.82) is 0 Å². The minimum atomic E-state index is -0.235. The van der Waals surface area contributed by atoms with Crippen LogP contribution in [0.3, 0.4) is 0 Å². The Morgan fingerprint density at radius 1 is 0.829 bits per heavy atom. The summed E-state index contributed by atoms with van der Waals surface area (Å²) >= 11 is 1.53. The molecule has 0 amide bonds. The molecule has 7 heteroatoms. The number of benzene rings is 2. The maximum atomic E-state index is 11.2. The fourth-order valence-electron chi connectivity index (χ4n) is 3.52. The fraction of sp³-hybridized carbons (Fsp3) is 0.286. The summed E-state index contributed by atoms with van der Waals surface area (Å²) in [5.41, 5.74) is 3.03. The molecular formula is C28H29N4OPtS-. The Hall–Kier alpha value is -2.56. The molecule has 0 aliphatic carbocycles. The van der Waals surface area contributed by atoms with Gasteiger partial charge in [-0.2, -0.15) is 0 Å². The van der Waals surface area contributed by atoms with Crippen LogP contribution in [0.2, 0.25) is 0 Å². The molecule has 0 spiro atoms. The first-order valence-electron chi connectivity index (χ1n) is 11.2. The SMILES string of the molecule is CC(C)(C)c1cc(-c2ncnc(-c3[c-]c(Sc4ccccn4)ccc3)n2)c(O)c(C(C)(C)C)c1.[Pt]. The zero-order chi connectivity index (χ0) is 24.5. The minimum absolute atomic E-state index is 0. The van der Waals surface area contributed by atoms with Gasteiger partial charge < -0.3 is 5.11 Å². The van der Waals surface area contributed by atoms with Gasteiger partial charge in [-0.3, -0.25) is 9.97 Å². The molecule has 2 aromatic heterocycles. The Morgan fingerprint density at radius 3 is 2.23 bits per heavy atom. The minimum Gasteiger partial charge on any atom is -0.507 e. The van der Waals surface area contributed by atoms with Gasteiger partial charge in [-0.25, -0.2) is 9.97 Å². The van der Waals surface area contributed by atoms with Gasteiger partial charge in [-0.1, -0.05) is 70.3 Å². The fourth-order valence-corrected chi connectivity index (χ4v) is 4.32. The molecule has 0 radical (unpaired) electrons.